The topological polar surface area (TPSA) is 52.8 Å². The summed E-state index contributed by atoms with van der Waals surface area (Å²) in [6, 6.07) is 13.0. The van der Waals surface area contributed by atoms with E-state index in [9.17, 15) is 4.79 Å². The molecule has 5 nitrogen and oxygen atoms in total. The van der Waals surface area contributed by atoms with Gasteiger partial charge in [0.25, 0.3) is 0 Å². The van der Waals surface area contributed by atoms with E-state index in [0.717, 1.165) is 17.6 Å². The van der Waals surface area contributed by atoms with Crippen LogP contribution in [0.2, 0.25) is 0 Å². The molecule has 0 atom stereocenters. The van der Waals surface area contributed by atoms with Crippen molar-refractivity contribution in [2.24, 2.45) is 0 Å². The van der Waals surface area contributed by atoms with Gasteiger partial charge >= 0.3 is 0 Å². The number of ether oxygens (including phenoxy) is 2. The second-order valence-corrected chi connectivity index (χ2v) is 4.45. The summed E-state index contributed by atoms with van der Waals surface area (Å²) >= 11 is 0. The molecule has 0 amide bonds. The number of carbonyl (C=O) groups is 1. The van der Waals surface area contributed by atoms with E-state index in [1.807, 2.05) is 47.0 Å². The summed E-state index contributed by atoms with van der Waals surface area (Å²) in [5.74, 6) is 2.10. The Kier molecular flexibility index (Phi) is 3.55. The minimum atomic E-state index is 0.270. The molecule has 0 unspecified atom stereocenters. The number of hydrogen-bond donors (Lipinski definition) is 0. The number of imidazole rings is 1. The minimum absolute atomic E-state index is 0.270. The second-order valence-electron chi connectivity index (χ2n) is 4.45. The number of pyridine rings is 1. The molecule has 2 aromatic heterocycles. The van der Waals surface area contributed by atoms with Crippen molar-refractivity contribution in [1.29, 1.82) is 0 Å². The van der Waals surface area contributed by atoms with Crippen LogP contribution in [0.3, 0.4) is 0 Å². The van der Waals surface area contributed by atoms with Crippen LogP contribution in [0.15, 0.2) is 48.7 Å². The SMILES string of the molecule is COc1cccc(OCc2nc(C=O)c3ccccn23)c1. The van der Waals surface area contributed by atoms with Crippen molar-refractivity contribution < 1.29 is 14.3 Å². The van der Waals surface area contributed by atoms with E-state index in [2.05, 4.69) is 4.98 Å². The molecular formula is C16H14N2O3. The Morgan fingerprint density at radius 1 is 1.19 bits per heavy atom. The molecule has 2 heterocycles. The number of hydrogen-bond acceptors (Lipinski definition) is 4. The third-order valence-corrected chi connectivity index (χ3v) is 3.17. The molecule has 5 heteroatoms. The number of carbonyl (C=O) groups excluding carboxylic acids is 1. The van der Waals surface area contributed by atoms with E-state index in [-0.39, 0.29) is 6.61 Å². The first kappa shape index (κ1) is 13.2. The largest absolute Gasteiger partial charge is 0.497 e. The Hall–Kier alpha value is -2.82. The van der Waals surface area contributed by atoms with Crippen molar-refractivity contribution in [3.8, 4) is 11.5 Å². The zero-order valence-electron chi connectivity index (χ0n) is 11.5. The number of aromatic nitrogens is 2. The Morgan fingerprint density at radius 3 is 2.86 bits per heavy atom. The molecule has 106 valence electrons. The first-order valence-electron chi connectivity index (χ1n) is 6.50. The van der Waals surface area contributed by atoms with E-state index >= 15 is 0 Å². The number of aldehydes is 1. The lowest BCUT2D eigenvalue weighted by Gasteiger charge is -2.07. The summed E-state index contributed by atoms with van der Waals surface area (Å²) in [7, 11) is 1.61. The molecule has 0 radical (unpaired) electrons. The van der Waals surface area contributed by atoms with E-state index < -0.39 is 0 Å². The fraction of sp³-hybridized carbons (Fsp3) is 0.125. The normalized spacial score (nSPS) is 10.5. The van der Waals surface area contributed by atoms with Crippen molar-refractivity contribution >= 4 is 11.8 Å². The lowest BCUT2D eigenvalue weighted by molar-refractivity contribution is 0.112. The Bertz CT molecular complexity index is 780. The average Bonchev–Trinajstić information content (AvgIpc) is 2.91. The molecule has 0 bridgehead atoms. The van der Waals surface area contributed by atoms with E-state index in [1.54, 1.807) is 13.2 Å². The van der Waals surface area contributed by atoms with Crippen LogP contribution in [0.25, 0.3) is 5.52 Å². The number of fused-ring (bicyclic) bond motifs is 1. The first-order valence-corrected chi connectivity index (χ1v) is 6.50. The minimum Gasteiger partial charge on any atom is -0.497 e. The molecule has 3 rings (SSSR count). The quantitative estimate of drug-likeness (QED) is 0.675. The maximum absolute atomic E-state index is 11.1. The highest BCUT2D eigenvalue weighted by molar-refractivity contribution is 5.83. The van der Waals surface area contributed by atoms with E-state index in [1.165, 1.54) is 0 Å². The molecule has 21 heavy (non-hydrogen) atoms. The lowest BCUT2D eigenvalue weighted by Crippen LogP contribution is -2.01. The van der Waals surface area contributed by atoms with Crippen LogP contribution in [0.5, 0.6) is 11.5 Å². The molecule has 0 N–H and O–H groups in total. The van der Waals surface area contributed by atoms with Gasteiger partial charge in [0.15, 0.2) is 12.1 Å². The van der Waals surface area contributed by atoms with Crippen LogP contribution < -0.4 is 9.47 Å². The van der Waals surface area contributed by atoms with Crippen LogP contribution >= 0.6 is 0 Å². The summed E-state index contributed by atoms with van der Waals surface area (Å²) in [5.41, 5.74) is 1.19. The Labute approximate surface area is 121 Å². The molecule has 1 aromatic carbocycles. The van der Waals surface area contributed by atoms with Gasteiger partial charge in [0.05, 0.1) is 12.6 Å². The van der Waals surface area contributed by atoms with E-state index in [0.29, 0.717) is 17.3 Å². The van der Waals surface area contributed by atoms with Crippen LogP contribution in [-0.2, 0) is 6.61 Å². The molecule has 0 aliphatic rings. The highest BCUT2D eigenvalue weighted by Crippen LogP contribution is 2.20. The number of benzene rings is 1. The predicted molar refractivity (Wildman–Crippen MR) is 77.9 cm³/mol. The monoisotopic (exact) mass is 282 g/mol. The highest BCUT2D eigenvalue weighted by Gasteiger charge is 2.10. The lowest BCUT2D eigenvalue weighted by atomic mass is 10.3. The fourth-order valence-corrected chi connectivity index (χ4v) is 2.15. The van der Waals surface area contributed by atoms with Gasteiger partial charge < -0.3 is 13.9 Å². The molecule has 0 aliphatic heterocycles. The smallest absolute Gasteiger partial charge is 0.170 e. The highest BCUT2D eigenvalue weighted by atomic mass is 16.5. The van der Waals surface area contributed by atoms with Crippen molar-refractivity contribution in [3.05, 3.63) is 60.2 Å². The van der Waals surface area contributed by atoms with Crippen LogP contribution in [0.4, 0.5) is 0 Å². The maximum Gasteiger partial charge on any atom is 0.170 e. The molecule has 0 fully saturated rings. The summed E-state index contributed by atoms with van der Waals surface area (Å²) in [6.45, 7) is 0.270. The zero-order chi connectivity index (χ0) is 14.7. The van der Waals surface area contributed by atoms with Crippen LogP contribution in [0.1, 0.15) is 16.3 Å². The van der Waals surface area contributed by atoms with Crippen LogP contribution in [-0.4, -0.2) is 22.8 Å². The Balaban J connectivity index is 1.86. The predicted octanol–water partition coefficient (Wildman–Crippen LogP) is 2.73. The molecule has 0 spiro atoms. The van der Waals surface area contributed by atoms with E-state index in [4.69, 9.17) is 9.47 Å². The van der Waals surface area contributed by atoms with Crippen molar-refractivity contribution in [1.82, 2.24) is 9.38 Å². The Morgan fingerprint density at radius 2 is 2.05 bits per heavy atom. The summed E-state index contributed by atoms with van der Waals surface area (Å²) in [5, 5.41) is 0. The molecular weight excluding hydrogens is 268 g/mol. The summed E-state index contributed by atoms with van der Waals surface area (Å²) in [4.78, 5) is 15.4. The van der Waals surface area contributed by atoms with Gasteiger partial charge in [0.2, 0.25) is 0 Å². The standard InChI is InChI=1S/C16H14N2O3/c1-20-12-5-4-6-13(9-12)21-11-16-17-14(10-19)15-7-2-3-8-18(15)16/h2-10H,11H2,1H3. The maximum atomic E-state index is 11.1. The average molecular weight is 282 g/mol. The first-order chi connectivity index (χ1) is 10.3. The number of rotatable bonds is 5. The summed E-state index contributed by atoms with van der Waals surface area (Å²) < 4.78 is 12.7. The molecule has 0 aliphatic carbocycles. The summed E-state index contributed by atoms with van der Waals surface area (Å²) in [6.07, 6.45) is 2.62. The van der Waals surface area contributed by atoms with Gasteiger partial charge in [-0.1, -0.05) is 12.1 Å². The van der Waals surface area contributed by atoms with Gasteiger partial charge in [-0.15, -0.1) is 0 Å². The number of methoxy groups -OCH3 is 1. The van der Waals surface area contributed by atoms with Crippen molar-refractivity contribution in [2.45, 2.75) is 6.61 Å². The second kappa shape index (κ2) is 5.66. The van der Waals surface area contributed by atoms with Gasteiger partial charge in [-0.3, -0.25) is 4.79 Å². The van der Waals surface area contributed by atoms with Gasteiger partial charge in [-0.05, 0) is 24.3 Å². The molecule has 3 aromatic rings. The van der Waals surface area contributed by atoms with Gasteiger partial charge in [-0.2, -0.15) is 0 Å². The fourth-order valence-electron chi connectivity index (χ4n) is 2.15. The third kappa shape index (κ3) is 2.58. The molecule has 0 saturated heterocycles. The molecule has 0 saturated carbocycles. The van der Waals surface area contributed by atoms with Crippen molar-refractivity contribution in [3.63, 3.8) is 0 Å². The van der Waals surface area contributed by atoms with Gasteiger partial charge in [-0.25, -0.2) is 4.98 Å². The third-order valence-electron chi connectivity index (χ3n) is 3.17. The van der Waals surface area contributed by atoms with Gasteiger partial charge in [0, 0.05) is 12.3 Å². The van der Waals surface area contributed by atoms with Gasteiger partial charge in [0.1, 0.15) is 23.8 Å². The van der Waals surface area contributed by atoms with Crippen molar-refractivity contribution in [2.75, 3.05) is 7.11 Å². The number of nitrogens with zero attached hydrogens (tertiary/aromatic N) is 2. The van der Waals surface area contributed by atoms with Crippen LogP contribution in [0, 0.1) is 0 Å². The zero-order valence-corrected chi connectivity index (χ0v) is 11.5.